The number of amides is 1. The first-order chi connectivity index (χ1) is 7.74. The van der Waals surface area contributed by atoms with Crippen molar-refractivity contribution in [1.29, 1.82) is 0 Å². The molecule has 0 bridgehead atoms. The van der Waals surface area contributed by atoms with Crippen molar-refractivity contribution in [3.8, 4) is 0 Å². The Kier molecular flexibility index (Phi) is 5.95. The summed E-state index contributed by atoms with van der Waals surface area (Å²) in [5.74, 6) is -0.132. The van der Waals surface area contributed by atoms with Crippen LogP contribution in [0.25, 0.3) is 0 Å². The van der Waals surface area contributed by atoms with Gasteiger partial charge in [-0.3, -0.25) is 4.79 Å². The number of ether oxygens (including phenoxy) is 1. The number of carbonyl (C=O) groups is 1. The summed E-state index contributed by atoms with van der Waals surface area (Å²) in [6.45, 7) is 1.23. The molecule has 1 aromatic heterocycles. The summed E-state index contributed by atoms with van der Waals surface area (Å²) in [7, 11) is 1.65. The number of methoxy groups -OCH3 is 1. The van der Waals surface area contributed by atoms with E-state index in [4.69, 9.17) is 4.74 Å². The highest BCUT2D eigenvalue weighted by atomic mass is 79.9. The first-order valence-corrected chi connectivity index (χ1v) is 5.83. The van der Waals surface area contributed by atoms with Crippen LogP contribution in [0.4, 0.5) is 0 Å². The van der Waals surface area contributed by atoms with Gasteiger partial charge in [-0.2, -0.15) is 10.2 Å². The van der Waals surface area contributed by atoms with Gasteiger partial charge >= 0.3 is 0 Å². The quantitative estimate of drug-likeness (QED) is 0.793. The zero-order valence-electron chi connectivity index (χ0n) is 9.02. The number of nitrogens with one attached hydrogen (secondary N) is 1. The molecule has 1 atom stereocenters. The molecule has 5 nitrogen and oxygen atoms in total. The smallest absolute Gasteiger partial charge is 0.252 e. The number of nitrogens with zero attached hydrogens (tertiary/aromatic N) is 2. The van der Waals surface area contributed by atoms with Crippen molar-refractivity contribution in [3.05, 3.63) is 24.0 Å². The minimum absolute atomic E-state index is 0.132. The Bertz CT molecular complexity index is 321. The van der Waals surface area contributed by atoms with Gasteiger partial charge in [0, 0.05) is 18.5 Å². The zero-order chi connectivity index (χ0) is 11.8. The number of carbonyl (C=O) groups excluding carboxylic acids is 1. The summed E-state index contributed by atoms with van der Waals surface area (Å²) in [5.41, 5.74) is 0.521. The van der Waals surface area contributed by atoms with Gasteiger partial charge in [0.2, 0.25) is 0 Å². The van der Waals surface area contributed by atoms with E-state index in [1.54, 1.807) is 13.2 Å². The van der Waals surface area contributed by atoms with Gasteiger partial charge in [-0.05, 0) is 12.5 Å². The molecule has 0 aromatic carbocycles. The highest BCUT2D eigenvalue weighted by Crippen LogP contribution is 2.04. The summed E-state index contributed by atoms with van der Waals surface area (Å²) in [4.78, 5) is 11.8. The molecule has 0 aliphatic rings. The third kappa shape index (κ3) is 4.67. The highest BCUT2D eigenvalue weighted by molar-refractivity contribution is 9.09. The largest absolute Gasteiger partial charge is 0.384 e. The molecule has 0 saturated carbocycles. The molecule has 0 aliphatic carbocycles. The molecule has 1 N–H and O–H groups in total. The number of aromatic nitrogens is 2. The Morgan fingerprint density at radius 2 is 2.44 bits per heavy atom. The molecule has 0 saturated heterocycles. The minimum Gasteiger partial charge on any atom is -0.384 e. The van der Waals surface area contributed by atoms with Crippen LogP contribution < -0.4 is 5.32 Å². The summed E-state index contributed by atoms with van der Waals surface area (Å²) in [5, 5.41) is 10.0. The molecule has 1 amide bonds. The number of hydrogen-bond acceptors (Lipinski definition) is 4. The Labute approximate surface area is 103 Å². The zero-order valence-corrected chi connectivity index (χ0v) is 10.6. The van der Waals surface area contributed by atoms with Gasteiger partial charge in [0.15, 0.2) is 0 Å². The van der Waals surface area contributed by atoms with Gasteiger partial charge in [0.05, 0.1) is 24.6 Å². The Hall–Kier alpha value is -1.01. The number of halogens is 1. The lowest BCUT2D eigenvalue weighted by Gasteiger charge is -2.09. The molecule has 0 fully saturated rings. The standard InChI is InChI=1S/C10H14BrN3O2/c1-16-7-9(11)3-4-12-10(15)8-2-5-13-14-6-8/h2,5-6,9H,3-4,7H2,1H3,(H,12,15). The second-order valence-corrected chi connectivity index (χ2v) is 4.52. The Morgan fingerprint density at radius 1 is 1.62 bits per heavy atom. The Morgan fingerprint density at radius 3 is 3.06 bits per heavy atom. The predicted octanol–water partition coefficient (Wildman–Crippen LogP) is 1.01. The first-order valence-electron chi connectivity index (χ1n) is 4.92. The lowest BCUT2D eigenvalue weighted by Crippen LogP contribution is -2.27. The maximum atomic E-state index is 11.6. The first kappa shape index (κ1) is 13.1. The maximum Gasteiger partial charge on any atom is 0.252 e. The van der Waals surface area contributed by atoms with E-state index in [1.807, 2.05) is 0 Å². The van der Waals surface area contributed by atoms with E-state index < -0.39 is 0 Å². The third-order valence-corrected chi connectivity index (χ3v) is 2.66. The van der Waals surface area contributed by atoms with Gasteiger partial charge < -0.3 is 10.1 Å². The van der Waals surface area contributed by atoms with Crippen LogP contribution in [0.1, 0.15) is 16.8 Å². The van der Waals surface area contributed by atoms with Crippen LogP contribution in [0.5, 0.6) is 0 Å². The fourth-order valence-electron chi connectivity index (χ4n) is 1.13. The van der Waals surface area contributed by atoms with Crippen molar-refractivity contribution in [3.63, 3.8) is 0 Å². The molecule has 0 aliphatic heterocycles. The van der Waals surface area contributed by atoms with Crippen molar-refractivity contribution in [2.45, 2.75) is 11.2 Å². The van der Waals surface area contributed by atoms with Gasteiger partial charge in [0.1, 0.15) is 0 Å². The molecule has 88 valence electrons. The van der Waals surface area contributed by atoms with E-state index in [-0.39, 0.29) is 10.7 Å². The second-order valence-electron chi connectivity index (χ2n) is 3.23. The predicted molar refractivity (Wildman–Crippen MR) is 63.6 cm³/mol. The van der Waals surface area contributed by atoms with Crippen molar-refractivity contribution in [2.24, 2.45) is 0 Å². The van der Waals surface area contributed by atoms with Gasteiger partial charge in [-0.15, -0.1) is 0 Å². The van der Waals surface area contributed by atoms with Crippen LogP contribution in [0.15, 0.2) is 18.5 Å². The molecule has 0 radical (unpaired) electrons. The van der Waals surface area contributed by atoms with Crippen LogP contribution >= 0.6 is 15.9 Å². The molecule has 6 heteroatoms. The van der Waals surface area contributed by atoms with Crippen LogP contribution in [-0.2, 0) is 4.74 Å². The van der Waals surface area contributed by atoms with Crippen molar-refractivity contribution in [2.75, 3.05) is 20.3 Å². The molecule has 16 heavy (non-hydrogen) atoms. The fourth-order valence-corrected chi connectivity index (χ4v) is 1.63. The third-order valence-electron chi connectivity index (χ3n) is 1.94. The summed E-state index contributed by atoms with van der Waals surface area (Å²) < 4.78 is 4.97. The fraction of sp³-hybridized carbons (Fsp3) is 0.500. The van der Waals surface area contributed by atoms with Gasteiger partial charge in [0.25, 0.3) is 5.91 Å². The molecule has 1 heterocycles. The van der Waals surface area contributed by atoms with Gasteiger partial charge in [-0.1, -0.05) is 15.9 Å². The van der Waals surface area contributed by atoms with Crippen molar-refractivity contribution >= 4 is 21.8 Å². The van der Waals surface area contributed by atoms with Crippen LogP contribution in [0, 0.1) is 0 Å². The van der Waals surface area contributed by atoms with Gasteiger partial charge in [-0.25, -0.2) is 0 Å². The number of hydrogen-bond donors (Lipinski definition) is 1. The summed E-state index contributed by atoms with van der Waals surface area (Å²) in [6, 6.07) is 1.63. The van der Waals surface area contributed by atoms with Crippen LogP contribution in [0.2, 0.25) is 0 Å². The average molecular weight is 288 g/mol. The number of rotatable bonds is 6. The van der Waals surface area contributed by atoms with Crippen molar-refractivity contribution < 1.29 is 9.53 Å². The summed E-state index contributed by atoms with van der Waals surface area (Å²) >= 11 is 3.45. The van der Waals surface area contributed by atoms with Crippen LogP contribution in [0.3, 0.4) is 0 Å². The van der Waals surface area contributed by atoms with E-state index in [0.717, 1.165) is 6.42 Å². The van der Waals surface area contributed by atoms with Crippen LogP contribution in [-0.4, -0.2) is 41.2 Å². The van der Waals surface area contributed by atoms with E-state index >= 15 is 0 Å². The van der Waals surface area contributed by atoms with Crippen molar-refractivity contribution in [1.82, 2.24) is 15.5 Å². The van der Waals surface area contributed by atoms with E-state index in [2.05, 4.69) is 31.4 Å². The maximum absolute atomic E-state index is 11.6. The van der Waals surface area contributed by atoms with E-state index in [9.17, 15) is 4.79 Å². The van der Waals surface area contributed by atoms with E-state index in [0.29, 0.717) is 18.7 Å². The minimum atomic E-state index is -0.132. The molecule has 0 spiro atoms. The van der Waals surface area contributed by atoms with E-state index in [1.165, 1.54) is 12.4 Å². The Balaban J connectivity index is 2.26. The molecular weight excluding hydrogens is 274 g/mol. The SMILES string of the molecule is COCC(Br)CCNC(=O)c1ccnnc1. The highest BCUT2D eigenvalue weighted by Gasteiger charge is 2.07. The average Bonchev–Trinajstić information content (AvgIpc) is 2.30. The normalized spacial score (nSPS) is 12.1. The lowest BCUT2D eigenvalue weighted by atomic mass is 10.2. The second kappa shape index (κ2) is 7.29. The lowest BCUT2D eigenvalue weighted by molar-refractivity contribution is 0.0951. The number of alkyl halides is 1. The molecule has 1 unspecified atom stereocenters. The monoisotopic (exact) mass is 287 g/mol. The molecular formula is C10H14BrN3O2. The molecule has 1 aromatic rings. The summed E-state index contributed by atoms with van der Waals surface area (Å²) in [6.07, 6.45) is 3.75. The topological polar surface area (TPSA) is 64.1 Å². The molecule has 1 rings (SSSR count).